The van der Waals surface area contributed by atoms with E-state index in [1.54, 1.807) is 0 Å². The third-order valence-corrected chi connectivity index (χ3v) is 3.02. The Hall–Kier alpha value is -2.68. The zero-order valence-corrected chi connectivity index (χ0v) is 10.3. The normalized spacial score (nSPS) is 10.5. The molecular formula is C16H12N2O. The maximum Gasteiger partial charge on any atom is 0.247 e. The van der Waals surface area contributed by atoms with Gasteiger partial charge in [0.05, 0.1) is 16.7 Å². The number of amides is 1. The topological polar surface area (TPSA) is 42.0 Å². The van der Waals surface area contributed by atoms with Crippen molar-refractivity contribution in [3.8, 4) is 0 Å². The Kier molecular flexibility index (Phi) is 2.72. The highest BCUT2D eigenvalue weighted by molar-refractivity contribution is 6.14. The number of para-hydroxylation sites is 2. The Morgan fingerprint density at radius 3 is 2.05 bits per heavy atom. The molecule has 2 aromatic carbocycles. The van der Waals surface area contributed by atoms with E-state index < -0.39 is 0 Å². The lowest BCUT2D eigenvalue weighted by Crippen LogP contribution is -2.08. The highest BCUT2D eigenvalue weighted by Gasteiger charge is 2.09. The molecule has 3 heteroatoms. The number of fused-ring (bicyclic) bond motifs is 2. The van der Waals surface area contributed by atoms with Gasteiger partial charge in [0, 0.05) is 10.8 Å². The monoisotopic (exact) mass is 248 g/mol. The van der Waals surface area contributed by atoms with Gasteiger partial charge >= 0.3 is 0 Å². The maximum atomic E-state index is 11.6. The summed E-state index contributed by atoms with van der Waals surface area (Å²) in [5.41, 5.74) is 2.51. The fourth-order valence-electron chi connectivity index (χ4n) is 2.15. The second kappa shape index (κ2) is 4.53. The van der Waals surface area contributed by atoms with Crippen LogP contribution in [0.15, 0.2) is 61.2 Å². The molecule has 1 heterocycles. The van der Waals surface area contributed by atoms with Crippen molar-refractivity contribution < 1.29 is 4.79 Å². The first-order chi connectivity index (χ1) is 9.29. The van der Waals surface area contributed by atoms with Gasteiger partial charge in [-0.1, -0.05) is 43.0 Å². The Labute approximate surface area is 110 Å². The first kappa shape index (κ1) is 11.4. The van der Waals surface area contributed by atoms with E-state index in [1.807, 2.05) is 48.5 Å². The van der Waals surface area contributed by atoms with Crippen molar-refractivity contribution in [2.45, 2.75) is 0 Å². The average Bonchev–Trinajstić information content (AvgIpc) is 2.46. The average molecular weight is 248 g/mol. The lowest BCUT2D eigenvalue weighted by Gasteiger charge is -2.10. The van der Waals surface area contributed by atoms with Crippen molar-refractivity contribution in [3.63, 3.8) is 0 Å². The van der Waals surface area contributed by atoms with Crippen LogP contribution in [0.2, 0.25) is 0 Å². The van der Waals surface area contributed by atoms with E-state index >= 15 is 0 Å². The van der Waals surface area contributed by atoms with Gasteiger partial charge in [-0.2, -0.15) is 0 Å². The molecule has 3 aromatic rings. The second-order valence-electron chi connectivity index (χ2n) is 4.21. The summed E-state index contributed by atoms with van der Waals surface area (Å²) in [7, 11) is 0. The van der Waals surface area contributed by atoms with Crippen LogP contribution in [0.25, 0.3) is 21.8 Å². The van der Waals surface area contributed by atoms with Crippen LogP contribution in [0.4, 0.5) is 5.69 Å². The number of nitrogens with one attached hydrogen (secondary N) is 1. The van der Waals surface area contributed by atoms with E-state index in [9.17, 15) is 4.79 Å². The van der Waals surface area contributed by atoms with E-state index in [0.717, 1.165) is 27.5 Å². The summed E-state index contributed by atoms with van der Waals surface area (Å²) >= 11 is 0. The Bertz CT molecular complexity index is 739. The minimum absolute atomic E-state index is 0.221. The summed E-state index contributed by atoms with van der Waals surface area (Å²) in [5, 5.41) is 4.74. The molecule has 0 unspecified atom stereocenters. The van der Waals surface area contributed by atoms with Crippen molar-refractivity contribution in [2.24, 2.45) is 0 Å². The van der Waals surface area contributed by atoms with Crippen LogP contribution in [-0.2, 0) is 4.79 Å². The number of aromatic nitrogens is 1. The van der Waals surface area contributed by atoms with Gasteiger partial charge in [0.15, 0.2) is 0 Å². The minimum Gasteiger partial charge on any atom is -0.321 e. The summed E-state index contributed by atoms with van der Waals surface area (Å²) in [5.74, 6) is -0.221. The molecule has 0 saturated heterocycles. The van der Waals surface area contributed by atoms with Gasteiger partial charge < -0.3 is 5.32 Å². The highest BCUT2D eigenvalue weighted by Crippen LogP contribution is 2.30. The number of hydrogen-bond acceptors (Lipinski definition) is 2. The van der Waals surface area contributed by atoms with Crippen LogP contribution >= 0.6 is 0 Å². The SMILES string of the molecule is C=CC(=O)Nc1c2ccccc2nc2ccccc12. The molecular weight excluding hydrogens is 236 g/mol. The summed E-state index contributed by atoms with van der Waals surface area (Å²) in [6, 6.07) is 15.5. The van der Waals surface area contributed by atoms with Gasteiger partial charge in [-0.15, -0.1) is 0 Å². The van der Waals surface area contributed by atoms with Crippen LogP contribution in [0.5, 0.6) is 0 Å². The van der Waals surface area contributed by atoms with Gasteiger partial charge in [-0.25, -0.2) is 4.98 Å². The second-order valence-corrected chi connectivity index (χ2v) is 4.21. The van der Waals surface area contributed by atoms with E-state index in [4.69, 9.17) is 0 Å². The van der Waals surface area contributed by atoms with Gasteiger partial charge in [0.25, 0.3) is 0 Å². The molecule has 0 fully saturated rings. The van der Waals surface area contributed by atoms with E-state index in [-0.39, 0.29) is 5.91 Å². The molecule has 1 aromatic heterocycles. The van der Waals surface area contributed by atoms with Crippen LogP contribution in [0.3, 0.4) is 0 Å². The van der Waals surface area contributed by atoms with Gasteiger partial charge in [0.2, 0.25) is 5.91 Å². The number of pyridine rings is 1. The number of benzene rings is 2. The van der Waals surface area contributed by atoms with E-state index in [0.29, 0.717) is 0 Å². The molecule has 19 heavy (non-hydrogen) atoms. The third-order valence-electron chi connectivity index (χ3n) is 3.02. The number of carbonyl (C=O) groups excluding carboxylic acids is 1. The maximum absolute atomic E-state index is 11.6. The third kappa shape index (κ3) is 1.95. The Morgan fingerprint density at radius 1 is 1.00 bits per heavy atom. The lowest BCUT2D eigenvalue weighted by molar-refractivity contribution is -0.111. The van der Waals surface area contributed by atoms with Crippen molar-refractivity contribution in [3.05, 3.63) is 61.2 Å². The number of anilines is 1. The summed E-state index contributed by atoms with van der Waals surface area (Å²) in [6.45, 7) is 3.49. The lowest BCUT2D eigenvalue weighted by atomic mass is 10.1. The van der Waals surface area contributed by atoms with Crippen molar-refractivity contribution in [1.29, 1.82) is 0 Å². The summed E-state index contributed by atoms with van der Waals surface area (Å²) in [4.78, 5) is 16.2. The van der Waals surface area contributed by atoms with Gasteiger partial charge in [-0.3, -0.25) is 4.79 Å². The van der Waals surface area contributed by atoms with Gasteiger partial charge in [0.1, 0.15) is 0 Å². The Morgan fingerprint density at radius 2 is 1.53 bits per heavy atom. The molecule has 0 atom stereocenters. The summed E-state index contributed by atoms with van der Waals surface area (Å²) in [6.07, 6.45) is 1.27. The van der Waals surface area contributed by atoms with Crippen LogP contribution < -0.4 is 5.32 Å². The molecule has 1 N–H and O–H groups in total. The van der Waals surface area contributed by atoms with Crippen LogP contribution in [-0.4, -0.2) is 10.9 Å². The number of carbonyl (C=O) groups is 1. The number of rotatable bonds is 2. The molecule has 0 bridgehead atoms. The zero-order valence-electron chi connectivity index (χ0n) is 10.3. The van der Waals surface area contributed by atoms with Crippen LogP contribution in [0, 0.1) is 0 Å². The van der Waals surface area contributed by atoms with Gasteiger partial charge in [-0.05, 0) is 18.2 Å². The molecule has 0 spiro atoms. The number of hydrogen-bond donors (Lipinski definition) is 1. The fraction of sp³-hybridized carbons (Fsp3) is 0. The largest absolute Gasteiger partial charge is 0.321 e. The molecule has 92 valence electrons. The summed E-state index contributed by atoms with van der Waals surface area (Å²) < 4.78 is 0. The fourth-order valence-corrected chi connectivity index (χ4v) is 2.15. The Balaban J connectivity index is 2.39. The quantitative estimate of drug-likeness (QED) is 0.557. The molecule has 0 radical (unpaired) electrons. The molecule has 0 aliphatic carbocycles. The van der Waals surface area contributed by atoms with Crippen molar-refractivity contribution in [1.82, 2.24) is 4.98 Å². The number of nitrogens with zero attached hydrogens (tertiary/aromatic N) is 1. The molecule has 3 nitrogen and oxygen atoms in total. The highest BCUT2D eigenvalue weighted by atomic mass is 16.1. The molecule has 1 amide bonds. The smallest absolute Gasteiger partial charge is 0.247 e. The predicted molar refractivity (Wildman–Crippen MR) is 78.1 cm³/mol. The molecule has 0 aliphatic rings. The standard InChI is InChI=1S/C16H12N2O/c1-2-15(19)18-16-11-7-3-5-9-13(11)17-14-10-6-4-8-12(14)16/h2-10H,1H2,(H,17,18,19). The van der Waals surface area contributed by atoms with E-state index in [2.05, 4.69) is 16.9 Å². The van der Waals surface area contributed by atoms with Crippen molar-refractivity contribution in [2.75, 3.05) is 5.32 Å². The predicted octanol–water partition coefficient (Wildman–Crippen LogP) is 3.51. The van der Waals surface area contributed by atoms with Crippen molar-refractivity contribution >= 4 is 33.4 Å². The van der Waals surface area contributed by atoms with E-state index in [1.165, 1.54) is 6.08 Å². The first-order valence-corrected chi connectivity index (χ1v) is 6.00. The first-order valence-electron chi connectivity index (χ1n) is 6.00. The molecule has 0 saturated carbocycles. The minimum atomic E-state index is -0.221. The molecule has 3 rings (SSSR count). The zero-order chi connectivity index (χ0) is 13.2. The molecule has 0 aliphatic heterocycles. The van der Waals surface area contributed by atoms with Crippen LogP contribution in [0.1, 0.15) is 0 Å².